The van der Waals surface area contributed by atoms with E-state index in [0.717, 1.165) is 40.0 Å². The standard InChI is InChI=1S/C27H38O3S/c1-8-17(5)21-12-22(14-24(28)13-21)23-15-25(31-16-23)19(7)27(30-11-4)26(29)18(6)20(9-2)10-3/h9,12-19,27-28H,8,10-11H2,1-7H3/b20-9-/t17?,18?,19-,27-/m0/s1. The monoisotopic (exact) mass is 442 g/mol. The molecule has 0 amide bonds. The third kappa shape index (κ3) is 6.08. The van der Waals surface area contributed by atoms with E-state index in [2.05, 4.69) is 51.3 Å². The van der Waals surface area contributed by atoms with Crippen LogP contribution in [0.4, 0.5) is 0 Å². The second-order valence-corrected chi connectivity index (χ2v) is 9.31. The second-order valence-electron chi connectivity index (χ2n) is 8.37. The van der Waals surface area contributed by atoms with Crippen molar-refractivity contribution >= 4 is 17.1 Å². The van der Waals surface area contributed by atoms with Gasteiger partial charge in [0.1, 0.15) is 11.9 Å². The average Bonchev–Trinajstić information content (AvgIpc) is 3.26. The number of phenols is 1. The first-order valence-electron chi connectivity index (χ1n) is 11.5. The molecule has 0 bridgehead atoms. The quantitative estimate of drug-likeness (QED) is 0.363. The van der Waals surface area contributed by atoms with E-state index in [1.807, 2.05) is 32.9 Å². The van der Waals surface area contributed by atoms with Crippen molar-refractivity contribution < 1.29 is 14.6 Å². The Morgan fingerprint density at radius 2 is 1.81 bits per heavy atom. The fourth-order valence-electron chi connectivity index (χ4n) is 4.06. The minimum absolute atomic E-state index is 0.0324. The zero-order valence-electron chi connectivity index (χ0n) is 20.1. The van der Waals surface area contributed by atoms with Crippen molar-refractivity contribution in [3.63, 3.8) is 0 Å². The number of ketones is 1. The molecule has 0 aliphatic heterocycles. The highest BCUT2D eigenvalue weighted by Gasteiger charge is 2.32. The van der Waals surface area contributed by atoms with Gasteiger partial charge >= 0.3 is 0 Å². The summed E-state index contributed by atoms with van der Waals surface area (Å²) < 4.78 is 5.97. The number of carbonyl (C=O) groups excluding carboxylic acids is 1. The van der Waals surface area contributed by atoms with E-state index in [9.17, 15) is 9.90 Å². The summed E-state index contributed by atoms with van der Waals surface area (Å²) in [5.74, 6) is 0.662. The lowest BCUT2D eigenvalue weighted by atomic mass is 9.86. The number of benzene rings is 1. The predicted octanol–water partition coefficient (Wildman–Crippen LogP) is 7.70. The van der Waals surface area contributed by atoms with Gasteiger partial charge in [-0.15, -0.1) is 11.3 Å². The summed E-state index contributed by atoms with van der Waals surface area (Å²) >= 11 is 1.65. The van der Waals surface area contributed by atoms with Crippen LogP contribution >= 0.6 is 11.3 Å². The van der Waals surface area contributed by atoms with E-state index in [1.165, 1.54) is 0 Å². The lowest BCUT2D eigenvalue weighted by Crippen LogP contribution is -2.34. The van der Waals surface area contributed by atoms with Crippen LogP contribution in [-0.2, 0) is 9.53 Å². The number of allylic oxidation sites excluding steroid dienone is 2. The largest absolute Gasteiger partial charge is 0.508 e. The van der Waals surface area contributed by atoms with Gasteiger partial charge < -0.3 is 9.84 Å². The van der Waals surface area contributed by atoms with Crippen LogP contribution in [0.15, 0.2) is 41.3 Å². The Labute approximate surface area is 192 Å². The zero-order valence-corrected chi connectivity index (χ0v) is 20.9. The first-order valence-corrected chi connectivity index (χ1v) is 12.4. The predicted molar refractivity (Wildman–Crippen MR) is 132 cm³/mol. The maximum atomic E-state index is 13.3. The topological polar surface area (TPSA) is 46.5 Å². The molecule has 0 aliphatic carbocycles. The molecule has 2 unspecified atom stereocenters. The molecular formula is C27H38O3S. The molecule has 1 aromatic heterocycles. The van der Waals surface area contributed by atoms with Crippen LogP contribution in [0.1, 0.15) is 83.6 Å². The number of ether oxygens (including phenoxy) is 1. The minimum atomic E-state index is -0.465. The summed E-state index contributed by atoms with van der Waals surface area (Å²) in [5, 5.41) is 12.4. The lowest BCUT2D eigenvalue weighted by Gasteiger charge is -2.26. The summed E-state index contributed by atoms with van der Waals surface area (Å²) in [6.07, 6.45) is 3.48. The number of Topliss-reactive ketones (excluding diaryl/α,β-unsaturated/α-hetero) is 1. The molecule has 2 aromatic rings. The normalized spacial score (nSPS) is 16.0. The molecule has 0 radical (unpaired) electrons. The lowest BCUT2D eigenvalue weighted by molar-refractivity contribution is -0.134. The van der Waals surface area contributed by atoms with E-state index < -0.39 is 6.10 Å². The van der Waals surface area contributed by atoms with Crippen molar-refractivity contribution in [1.29, 1.82) is 0 Å². The number of hydrogen-bond acceptors (Lipinski definition) is 4. The van der Waals surface area contributed by atoms with E-state index in [-0.39, 0.29) is 17.6 Å². The Balaban J connectivity index is 2.33. The fraction of sp³-hybridized carbons (Fsp3) is 0.519. The molecule has 0 saturated carbocycles. The van der Waals surface area contributed by atoms with Crippen LogP contribution < -0.4 is 0 Å². The van der Waals surface area contributed by atoms with Crippen molar-refractivity contribution in [2.24, 2.45) is 5.92 Å². The maximum Gasteiger partial charge on any atom is 0.168 e. The molecule has 4 atom stereocenters. The molecule has 0 saturated heterocycles. The van der Waals surface area contributed by atoms with Crippen molar-refractivity contribution in [3.8, 4) is 16.9 Å². The zero-order chi connectivity index (χ0) is 23.1. The number of phenolic OH excluding ortho intramolecular Hbond substituents is 1. The first-order chi connectivity index (χ1) is 14.8. The smallest absolute Gasteiger partial charge is 0.168 e. The third-order valence-corrected chi connectivity index (χ3v) is 7.50. The number of hydrogen-bond donors (Lipinski definition) is 1. The molecule has 4 heteroatoms. The SMILES string of the molecule is C/C=C(/CC)C(C)C(=O)[C@@H](OCC)[C@@H](C)c1cc(-c2cc(O)cc(C(C)CC)c2)cs1. The van der Waals surface area contributed by atoms with Gasteiger partial charge in [-0.05, 0) is 72.9 Å². The Bertz CT molecular complexity index is 896. The Kier molecular flexibility index (Phi) is 9.52. The fourth-order valence-corrected chi connectivity index (χ4v) is 5.06. The third-order valence-electron chi connectivity index (χ3n) is 6.37. The summed E-state index contributed by atoms with van der Waals surface area (Å²) in [5.41, 5.74) is 4.39. The number of aromatic hydroxyl groups is 1. The van der Waals surface area contributed by atoms with E-state index in [4.69, 9.17) is 4.74 Å². The summed E-state index contributed by atoms with van der Waals surface area (Å²) in [6.45, 7) is 14.9. The van der Waals surface area contributed by atoms with Crippen molar-refractivity contribution in [3.05, 3.63) is 51.7 Å². The van der Waals surface area contributed by atoms with E-state index in [1.54, 1.807) is 11.3 Å². The molecule has 2 rings (SSSR count). The van der Waals surface area contributed by atoms with Gasteiger partial charge in [0.2, 0.25) is 0 Å². The molecule has 31 heavy (non-hydrogen) atoms. The molecule has 0 fully saturated rings. The van der Waals surface area contributed by atoms with Gasteiger partial charge in [-0.2, -0.15) is 0 Å². The molecule has 1 aromatic carbocycles. The first kappa shape index (κ1) is 25.4. The summed E-state index contributed by atoms with van der Waals surface area (Å²) in [6, 6.07) is 7.97. The Morgan fingerprint density at radius 1 is 1.10 bits per heavy atom. The average molecular weight is 443 g/mol. The number of thiophene rings is 1. The molecule has 3 nitrogen and oxygen atoms in total. The van der Waals surface area contributed by atoms with Crippen molar-refractivity contribution in [2.75, 3.05) is 6.61 Å². The van der Waals surface area contributed by atoms with Gasteiger partial charge in [0.25, 0.3) is 0 Å². The van der Waals surface area contributed by atoms with Crippen molar-refractivity contribution in [1.82, 2.24) is 0 Å². The second kappa shape index (κ2) is 11.6. The van der Waals surface area contributed by atoms with Crippen molar-refractivity contribution in [2.45, 2.75) is 79.2 Å². The van der Waals surface area contributed by atoms with Gasteiger partial charge in [0.15, 0.2) is 5.78 Å². The van der Waals surface area contributed by atoms with Crippen LogP contribution in [0.2, 0.25) is 0 Å². The molecule has 0 spiro atoms. The minimum Gasteiger partial charge on any atom is -0.508 e. The highest BCUT2D eigenvalue weighted by atomic mass is 32.1. The number of rotatable bonds is 11. The summed E-state index contributed by atoms with van der Waals surface area (Å²) in [7, 11) is 0. The molecule has 170 valence electrons. The van der Waals surface area contributed by atoms with Crippen LogP contribution in [0.3, 0.4) is 0 Å². The van der Waals surface area contributed by atoms with Gasteiger partial charge in [0.05, 0.1) is 0 Å². The Hall–Kier alpha value is -1.91. The van der Waals surface area contributed by atoms with Crippen LogP contribution in [0.25, 0.3) is 11.1 Å². The maximum absolute atomic E-state index is 13.3. The Morgan fingerprint density at radius 3 is 2.39 bits per heavy atom. The van der Waals surface area contributed by atoms with Gasteiger partial charge in [-0.3, -0.25) is 4.79 Å². The highest BCUT2D eigenvalue weighted by Crippen LogP contribution is 2.36. The van der Waals surface area contributed by atoms with Gasteiger partial charge in [0, 0.05) is 23.3 Å². The van der Waals surface area contributed by atoms with Crippen LogP contribution in [-0.4, -0.2) is 23.6 Å². The van der Waals surface area contributed by atoms with E-state index in [0.29, 0.717) is 18.3 Å². The van der Waals surface area contributed by atoms with Gasteiger partial charge in [-0.25, -0.2) is 0 Å². The molecule has 1 N–H and O–H groups in total. The van der Waals surface area contributed by atoms with Crippen LogP contribution in [0.5, 0.6) is 5.75 Å². The number of carbonyl (C=O) groups is 1. The highest BCUT2D eigenvalue weighted by molar-refractivity contribution is 7.10. The van der Waals surface area contributed by atoms with Gasteiger partial charge in [-0.1, -0.05) is 52.3 Å². The molecular weight excluding hydrogens is 404 g/mol. The summed E-state index contributed by atoms with van der Waals surface area (Å²) in [4.78, 5) is 14.4. The van der Waals surface area contributed by atoms with Crippen LogP contribution in [0, 0.1) is 5.92 Å². The molecule has 1 heterocycles. The van der Waals surface area contributed by atoms with E-state index >= 15 is 0 Å². The molecule has 0 aliphatic rings.